The van der Waals surface area contributed by atoms with Crippen molar-refractivity contribution in [3.05, 3.63) is 10.4 Å². The van der Waals surface area contributed by atoms with Gasteiger partial charge in [0, 0.05) is 0 Å². The van der Waals surface area contributed by atoms with Crippen molar-refractivity contribution < 1.29 is 10.1 Å². The molecule has 0 radical (unpaired) electrons. The van der Waals surface area contributed by atoms with Crippen LogP contribution in [0.3, 0.4) is 0 Å². The van der Waals surface area contributed by atoms with E-state index >= 15 is 0 Å². The molecule has 94 valence electrons. The largest absolute Gasteiger partial charge is 0.629 e. The lowest BCUT2D eigenvalue weighted by Gasteiger charge is -2.45. The molecule has 1 saturated carbocycles. The Balaban J connectivity index is 2.41. The maximum Gasteiger partial charge on any atom is 0.223 e. The van der Waals surface area contributed by atoms with Crippen molar-refractivity contribution in [3.63, 3.8) is 0 Å². The first kappa shape index (κ1) is 12.3. The first-order valence-corrected chi connectivity index (χ1v) is 6.37. The van der Waals surface area contributed by atoms with E-state index in [2.05, 4.69) is 0 Å². The van der Waals surface area contributed by atoms with Gasteiger partial charge in [0.2, 0.25) is 5.66 Å². The summed E-state index contributed by atoms with van der Waals surface area (Å²) in [7, 11) is 0. The number of nitrogens with one attached hydrogen (secondary N) is 2. The van der Waals surface area contributed by atoms with Crippen LogP contribution in [0.4, 0.5) is 0 Å². The summed E-state index contributed by atoms with van der Waals surface area (Å²) in [5, 5.41) is 25.6. The zero-order chi connectivity index (χ0) is 12.2. The van der Waals surface area contributed by atoms with Crippen molar-refractivity contribution >= 4 is 0 Å². The molecular formula is C12H24N2O2. The zero-order valence-corrected chi connectivity index (χ0v) is 10.9. The van der Waals surface area contributed by atoms with Crippen LogP contribution in [0.1, 0.15) is 59.8 Å². The third kappa shape index (κ3) is 1.24. The van der Waals surface area contributed by atoms with Crippen molar-refractivity contribution in [2.24, 2.45) is 0 Å². The summed E-state index contributed by atoms with van der Waals surface area (Å²) in [5.41, 5.74) is -1.62. The van der Waals surface area contributed by atoms with Crippen LogP contribution in [0, 0.1) is 10.4 Å². The number of quaternary nitrogens is 2. The molecule has 1 spiro atoms. The van der Waals surface area contributed by atoms with Gasteiger partial charge in [-0.3, -0.25) is 0 Å². The molecule has 4 nitrogen and oxygen atoms in total. The van der Waals surface area contributed by atoms with E-state index in [-0.39, 0.29) is 10.1 Å². The van der Waals surface area contributed by atoms with E-state index in [1.165, 1.54) is 6.42 Å². The van der Waals surface area contributed by atoms with Crippen molar-refractivity contribution in [2.75, 3.05) is 0 Å². The number of rotatable bonds is 0. The summed E-state index contributed by atoms with van der Waals surface area (Å²) >= 11 is 0. The minimum Gasteiger partial charge on any atom is -0.629 e. The Labute approximate surface area is 97.8 Å². The van der Waals surface area contributed by atoms with Crippen molar-refractivity contribution in [1.29, 1.82) is 0 Å². The van der Waals surface area contributed by atoms with Gasteiger partial charge < -0.3 is 20.5 Å². The Hall–Kier alpha value is -0.160. The van der Waals surface area contributed by atoms with E-state index in [4.69, 9.17) is 0 Å². The zero-order valence-electron chi connectivity index (χ0n) is 10.9. The summed E-state index contributed by atoms with van der Waals surface area (Å²) in [6.07, 6.45) is 4.81. The van der Waals surface area contributed by atoms with E-state index < -0.39 is 16.7 Å². The molecule has 2 fully saturated rings. The van der Waals surface area contributed by atoms with Gasteiger partial charge in [-0.15, -0.1) is 0 Å². The maximum atomic E-state index is 12.6. The van der Waals surface area contributed by atoms with Gasteiger partial charge in [-0.25, -0.2) is 0 Å². The minimum absolute atomic E-state index is 0.203. The Kier molecular flexibility index (Phi) is 2.63. The fraction of sp³-hybridized carbons (Fsp3) is 1.00. The monoisotopic (exact) mass is 228 g/mol. The molecule has 2 atom stereocenters. The molecule has 0 amide bonds. The highest BCUT2D eigenvalue weighted by atomic mass is 16.6. The number of hydroxylamine groups is 4. The van der Waals surface area contributed by atoms with Gasteiger partial charge in [0.25, 0.3) is 0 Å². The van der Waals surface area contributed by atoms with Gasteiger partial charge in [-0.1, -0.05) is 6.42 Å². The highest BCUT2D eigenvalue weighted by Gasteiger charge is 2.67. The van der Waals surface area contributed by atoms with Crippen molar-refractivity contribution in [2.45, 2.75) is 76.5 Å². The second-order valence-electron chi connectivity index (χ2n) is 6.55. The molecule has 4 heteroatoms. The van der Waals surface area contributed by atoms with Gasteiger partial charge in [-0.2, -0.15) is 0 Å². The molecule has 1 saturated heterocycles. The third-order valence-electron chi connectivity index (χ3n) is 5.27. The summed E-state index contributed by atoms with van der Waals surface area (Å²) < 4.78 is 0. The average Bonchev–Trinajstić information content (AvgIpc) is 2.34. The van der Waals surface area contributed by atoms with E-state index in [1.54, 1.807) is 0 Å². The molecule has 2 aliphatic rings. The molecule has 1 heterocycles. The fourth-order valence-electron chi connectivity index (χ4n) is 3.48. The van der Waals surface area contributed by atoms with E-state index in [0.29, 0.717) is 0 Å². The molecule has 1 aliphatic carbocycles. The summed E-state index contributed by atoms with van der Waals surface area (Å²) in [5.74, 6) is 0. The number of hydrogen-bond acceptors (Lipinski definition) is 2. The van der Waals surface area contributed by atoms with Gasteiger partial charge in [-0.05, 0) is 40.5 Å². The molecule has 0 aromatic rings. The smallest absolute Gasteiger partial charge is 0.223 e. The van der Waals surface area contributed by atoms with Crippen LogP contribution in [-0.4, -0.2) is 16.7 Å². The molecule has 2 N–H and O–H groups in total. The molecule has 2 unspecified atom stereocenters. The molecular weight excluding hydrogens is 204 g/mol. The van der Waals surface area contributed by atoms with Gasteiger partial charge in [0.1, 0.15) is 0 Å². The maximum absolute atomic E-state index is 12.6. The number of hydrogen-bond donors (Lipinski definition) is 2. The predicted octanol–water partition coefficient (Wildman–Crippen LogP) is -0.0170. The van der Waals surface area contributed by atoms with Crippen LogP contribution >= 0.6 is 0 Å². The van der Waals surface area contributed by atoms with Crippen LogP contribution in [0.5, 0.6) is 0 Å². The van der Waals surface area contributed by atoms with E-state index in [9.17, 15) is 10.4 Å². The Morgan fingerprint density at radius 2 is 1.12 bits per heavy atom. The average molecular weight is 228 g/mol. The SMILES string of the molecule is CC1(C)[NH+]([O-])C2(CCCCC2)[NH+]([O-])C1(C)C. The van der Waals surface area contributed by atoms with Gasteiger partial charge in [0.05, 0.1) is 12.8 Å². The van der Waals surface area contributed by atoms with Crippen LogP contribution in [0.25, 0.3) is 0 Å². The summed E-state index contributed by atoms with van der Waals surface area (Å²) in [6.45, 7) is 7.76. The lowest BCUT2D eigenvalue weighted by Crippen LogP contribution is -3.33. The van der Waals surface area contributed by atoms with Crippen LogP contribution < -0.4 is 10.1 Å². The fourth-order valence-corrected chi connectivity index (χ4v) is 3.48. The lowest BCUT2D eigenvalue weighted by molar-refractivity contribution is -1.08. The molecule has 0 bridgehead atoms. The minimum atomic E-state index is -0.620. The Morgan fingerprint density at radius 3 is 1.50 bits per heavy atom. The second kappa shape index (κ2) is 3.42. The topological polar surface area (TPSA) is 55.0 Å². The predicted molar refractivity (Wildman–Crippen MR) is 62.6 cm³/mol. The summed E-state index contributed by atoms with van der Waals surface area (Å²) in [6, 6.07) is 0. The van der Waals surface area contributed by atoms with Gasteiger partial charge >= 0.3 is 0 Å². The first-order chi connectivity index (χ1) is 7.27. The molecule has 16 heavy (non-hydrogen) atoms. The van der Waals surface area contributed by atoms with Gasteiger partial charge in [0.15, 0.2) is 11.1 Å². The molecule has 0 aromatic heterocycles. The highest BCUT2D eigenvalue weighted by Crippen LogP contribution is 2.30. The van der Waals surface area contributed by atoms with Crippen molar-refractivity contribution in [1.82, 2.24) is 0 Å². The van der Waals surface area contributed by atoms with E-state index in [0.717, 1.165) is 25.7 Å². The summed E-state index contributed by atoms with van der Waals surface area (Å²) in [4.78, 5) is 0. The van der Waals surface area contributed by atoms with Crippen LogP contribution in [-0.2, 0) is 0 Å². The molecule has 0 aromatic carbocycles. The molecule has 2 rings (SSSR count). The van der Waals surface area contributed by atoms with Crippen LogP contribution in [0.15, 0.2) is 0 Å². The molecule has 1 aliphatic heterocycles. The standard InChI is InChI=1S/C12H24N2O2/c1-10(2)11(3,4)14(16)12(13(10)15)8-6-5-7-9-12/h13-14H,5-9H2,1-4H3. The second-order valence-corrected chi connectivity index (χ2v) is 6.55. The van der Waals surface area contributed by atoms with Crippen LogP contribution in [0.2, 0.25) is 0 Å². The normalized spacial score (nSPS) is 40.1. The Bertz CT molecular complexity index is 261. The highest BCUT2D eigenvalue weighted by molar-refractivity contribution is 4.95. The Morgan fingerprint density at radius 1 is 0.750 bits per heavy atom. The third-order valence-corrected chi connectivity index (χ3v) is 5.27. The first-order valence-electron chi connectivity index (χ1n) is 6.37. The van der Waals surface area contributed by atoms with Crippen molar-refractivity contribution in [3.8, 4) is 0 Å². The van der Waals surface area contributed by atoms with E-state index in [1.807, 2.05) is 27.7 Å². The quantitative estimate of drug-likeness (QED) is 0.573. The lowest BCUT2D eigenvalue weighted by atomic mass is 9.84.